The number of carbonyl (C=O) groups excluding carboxylic acids is 1. The van der Waals surface area contributed by atoms with Gasteiger partial charge in [0.05, 0.1) is 16.6 Å². The van der Waals surface area contributed by atoms with Gasteiger partial charge in [-0.15, -0.1) is 0 Å². The number of H-pyrrole nitrogens is 1. The van der Waals surface area contributed by atoms with Crippen molar-refractivity contribution in [2.24, 2.45) is 0 Å². The van der Waals surface area contributed by atoms with E-state index in [1.807, 2.05) is 40.8 Å². The first-order valence-corrected chi connectivity index (χ1v) is 9.46. The number of rotatable bonds is 2. The number of anilines is 1. The van der Waals surface area contributed by atoms with E-state index >= 15 is 0 Å². The summed E-state index contributed by atoms with van der Waals surface area (Å²) >= 11 is 0. The minimum Gasteiger partial charge on any atom is -0.311 e. The van der Waals surface area contributed by atoms with Crippen LogP contribution in [0.5, 0.6) is 0 Å². The van der Waals surface area contributed by atoms with Crippen LogP contribution < -0.4 is 10.9 Å². The van der Waals surface area contributed by atoms with Crippen molar-refractivity contribution in [3.05, 3.63) is 75.6 Å². The minimum absolute atomic E-state index is 0.102. The number of hydrogen-bond acceptors (Lipinski definition) is 3. The number of aromatic amines is 1. The average Bonchev–Trinajstić information content (AvgIpc) is 3.05. The molecule has 1 amide bonds. The summed E-state index contributed by atoms with van der Waals surface area (Å²) in [7, 11) is 0. The Kier molecular flexibility index (Phi) is 3.62. The van der Waals surface area contributed by atoms with Gasteiger partial charge in [-0.3, -0.25) is 19.0 Å². The number of nitrogens with one attached hydrogen (secondary N) is 2. The number of imidazole rings is 1. The molecule has 0 fully saturated rings. The van der Waals surface area contributed by atoms with E-state index in [4.69, 9.17) is 0 Å². The van der Waals surface area contributed by atoms with Gasteiger partial charge in [0.25, 0.3) is 5.56 Å². The molecule has 1 atom stereocenters. The van der Waals surface area contributed by atoms with Crippen LogP contribution >= 0.6 is 0 Å². The molecule has 1 aliphatic heterocycles. The van der Waals surface area contributed by atoms with Gasteiger partial charge in [0.15, 0.2) is 0 Å². The summed E-state index contributed by atoms with van der Waals surface area (Å²) in [5.74, 6) is 0.980. The third-order valence-corrected chi connectivity index (χ3v) is 5.51. The molecule has 0 saturated heterocycles. The molecule has 0 spiro atoms. The lowest BCUT2D eigenvalue weighted by Gasteiger charge is -2.26. The second kappa shape index (κ2) is 6.05. The molecule has 3 heterocycles. The monoisotopic (exact) mass is 372 g/mol. The SMILES string of the molecule is CC(C)c1ccc([C@@H]2CC(=O)Nc3c2c(=O)[nH]c2nc4ccccc4n32)cc1. The molecule has 1 aliphatic rings. The first-order valence-electron chi connectivity index (χ1n) is 9.46. The lowest BCUT2D eigenvalue weighted by molar-refractivity contribution is -0.116. The predicted octanol–water partition coefficient (Wildman–Crippen LogP) is 3.77. The van der Waals surface area contributed by atoms with Gasteiger partial charge in [-0.1, -0.05) is 50.2 Å². The molecule has 0 bridgehead atoms. The van der Waals surface area contributed by atoms with Crippen LogP contribution in [0.4, 0.5) is 5.82 Å². The fourth-order valence-corrected chi connectivity index (χ4v) is 4.05. The van der Waals surface area contributed by atoms with Crippen molar-refractivity contribution in [2.45, 2.75) is 32.1 Å². The zero-order chi connectivity index (χ0) is 19.4. The smallest absolute Gasteiger partial charge is 0.258 e. The number of nitrogens with zero attached hydrogens (tertiary/aromatic N) is 2. The maximum absolute atomic E-state index is 13.0. The van der Waals surface area contributed by atoms with Crippen LogP contribution in [0.25, 0.3) is 16.8 Å². The summed E-state index contributed by atoms with van der Waals surface area (Å²) in [5.41, 5.74) is 4.18. The summed E-state index contributed by atoms with van der Waals surface area (Å²) in [4.78, 5) is 32.9. The van der Waals surface area contributed by atoms with Gasteiger partial charge in [0.2, 0.25) is 11.7 Å². The molecule has 2 aromatic heterocycles. The molecular weight excluding hydrogens is 352 g/mol. The van der Waals surface area contributed by atoms with Crippen LogP contribution in [0.15, 0.2) is 53.3 Å². The highest BCUT2D eigenvalue weighted by Crippen LogP contribution is 2.36. The second-order valence-electron chi connectivity index (χ2n) is 7.60. The summed E-state index contributed by atoms with van der Waals surface area (Å²) < 4.78 is 1.83. The molecule has 2 N–H and O–H groups in total. The van der Waals surface area contributed by atoms with E-state index in [0.717, 1.165) is 16.6 Å². The Bertz CT molecular complexity index is 1280. The zero-order valence-corrected chi connectivity index (χ0v) is 15.7. The number of amides is 1. The largest absolute Gasteiger partial charge is 0.311 e. The Morgan fingerprint density at radius 2 is 1.82 bits per heavy atom. The summed E-state index contributed by atoms with van der Waals surface area (Å²) in [6, 6.07) is 15.8. The third-order valence-electron chi connectivity index (χ3n) is 5.51. The Hall–Kier alpha value is -3.41. The van der Waals surface area contributed by atoms with Gasteiger partial charge >= 0.3 is 0 Å². The number of benzene rings is 2. The van der Waals surface area contributed by atoms with Crippen molar-refractivity contribution in [2.75, 3.05) is 5.32 Å². The molecule has 28 heavy (non-hydrogen) atoms. The standard InChI is InChI=1S/C22H20N4O2/c1-12(2)13-7-9-14(10-8-13)15-11-18(27)24-20-19(15)21(28)25-22-23-16-5-3-4-6-17(16)26(20)22/h3-10,12,15H,11H2,1-2H3,(H,24,27)(H,23,25,28)/t15-/m0/s1. The molecule has 140 valence electrons. The lowest BCUT2D eigenvalue weighted by atomic mass is 9.86. The summed E-state index contributed by atoms with van der Waals surface area (Å²) in [5, 5.41) is 2.92. The number of carbonyl (C=O) groups is 1. The van der Waals surface area contributed by atoms with Crippen molar-refractivity contribution >= 4 is 28.5 Å². The Balaban J connectivity index is 1.77. The van der Waals surface area contributed by atoms with Gasteiger partial charge in [0, 0.05) is 12.3 Å². The Morgan fingerprint density at radius 3 is 2.57 bits per heavy atom. The first-order chi connectivity index (χ1) is 13.5. The maximum Gasteiger partial charge on any atom is 0.258 e. The zero-order valence-electron chi connectivity index (χ0n) is 15.7. The van der Waals surface area contributed by atoms with Crippen LogP contribution in [0, 0.1) is 0 Å². The second-order valence-corrected chi connectivity index (χ2v) is 7.60. The summed E-state index contributed by atoms with van der Waals surface area (Å²) in [6.45, 7) is 4.29. The Labute approximate surface area is 161 Å². The summed E-state index contributed by atoms with van der Waals surface area (Å²) in [6.07, 6.45) is 0.245. The van der Waals surface area contributed by atoms with Crippen molar-refractivity contribution in [1.29, 1.82) is 0 Å². The van der Waals surface area contributed by atoms with Crippen molar-refractivity contribution < 1.29 is 4.79 Å². The number of aromatic nitrogens is 3. The highest BCUT2D eigenvalue weighted by atomic mass is 16.2. The molecule has 2 aromatic carbocycles. The number of para-hydroxylation sites is 2. The fourth-order valence-electron chi connectivity index (χ4n) is 4.05. The van der Waals surface area contributed by atoms with Crippen LogP contribution in [0.2, 0.25) is 0 Å². The van der Waals surface area contributed by atoms with Gasteiger partial charge in [-0.2, -0.15) is 0 Å². The van der Waals surface area contributed by atoms with Crippen molar-refractivity contribution in [3.8, 4) is 0 Å². The van der Waals surface area contributed by atoms with Crippen LogP contribution in [0.3, 0.4) is 0 Å². The van der Waals surface area contributed by atoms with E-state index in [2.05, 4.69) is 41.3 Å². The molecule has 0 aliphatic carbocycles. The minimum atomic E-state index is -0.292. The quantitative estimate of drug-likeness (QED) is 0.562. The van der Waals surface area contributed by atoms with E-state index in [-0.39, 0.29) is 23.8 Å². The van der Waals surface area contributed by atoms with Gasteiger partial charge < -0.3 is 5.32 Å². The van der Waals surface area contributed by atoms with Gasteiger partial charge in [-0.05, 0) is 29.2 Å². The highest BCUT2D eigenvalue weighted by Gasteiger charge is 2.32. The molecule has 4 aromatic rings. The van der Waals surface area contributed by atoms with Crippen LogP contribution in [0.1, 0.15) is 48.8 Å². The number of fused-ring (bicyclic) bond motifs is 5. The molecule has 0 unspecified atom stereocenters. The van der Waals surface area contributed by atoms with E-state index < -0.39 is 0 Å². The lowest BCUT2D eigenvalue weighted by Crippen LogP contribution is -2.32. The van der Waals surface area contributed by atoms with Crippen molar-refractivity contribution in [1.82, 2.24) is 14.4 Å². The van der Waals surface area contributed by atoms with Gasteiger partial charge in [-0.25, -0.2) is 4.98 Å². The van der Waals surface area contributed by atoms with E-state index in [1.54, 1.807) is 0 Å². The van der Waals surface area contributed by atoms with Crippen molar-refractivity contribution in [3.63, 3.8) is 0 Å². The molecule has 6 nitrogen and oxygen atoms in total. The molecule has 0 radical (unpaired) electrons. The maximum atomic E-state index is 13.0. The first kappa shape index (κ1) is 16.7. The van der Waals surface area contributed by atoms with E-state index in [0.29, 0.717) is 23.1 Å². The van der Waals surface area contributed by atoms with Gasteiger partial charge in [0.1, 0.15) is 5.82 Å². The van der Waals surface area contributed by atoms with E-state index in [1.165, 1.54) is 5.56 Å². The Morgan fingerprint density at radius 1 is 1.07 bits per heavy atom. The highest BCUT2D eigenvalue weighted by molar-refractivity contribution is 5.96. The molecule has 5 rings (SSSR count). The van der Waals surface area contributed by atoms with Crippen LogP contribution in [-0.4, -0.2) is 20.3 Å². The fraction of sp³-hybridized carbons (Fsp3) is 0.227. The third kappa shape index (κ3) is 2.45. The normalized spacial score (nSPS) is 16.5. The predicted molar refractivity (Wildman–Crippen MR) is 109 cm³/mol. The average molecular weight is 372 g/mol. The van der Waals surface area contributed by atoms with E-state index in [9.17, 15) is 9.59 Å². The molecular formula is C22H20N4O2. The van der Waals surface area contributed by atoms with Crippen LogP contribution in [-0.2, 0) is 4.79 Å². The topological polar surface area (TPSA) is 79.3 Å². The molecule has 0 saturated carbocycles. The number of hydrogen-bond donors (Lipinski definition) is 2. The molecule has 6 heteroatoms.